The number of halogens is 1. The predicted molar refractivity (Wildman–Crippen MR) is 51.7 cm³/mol. The van der Waals surface area contributed by atoms with Crippen LogP contribution in [0.3, 0.4) is 0 Å². The molecular weight excluding hydrogens is 183 g/mol. The third-order valence-corrected chi connectivity index (χ3v) is 1.94. The van der Waals surface area contributed by atoms with Gasteiger partial charge in [-0.2, -0.15) is 0 Å². The van der Waals surface area contributed by atoms with E-state index >= 15 is 0 Å². The van der Waals surface area contributed by atoms with E-state index in [4.69, 9.17) is 0 Å². The van der Waals surface area contributed by atoms with Crippen molar-refractivity contribution < 1.29 is 13.9 Å². The van der Waals surface area contributed by atoms with E-state index < -0.39 is 0 Å². The number of hydrogen-bond acceptors (Lipinski definition) is 2. The molecule has 3 heteroatoms. The summed E-state index contributed by atoms with van der Waals surface area (Å²) in [7, 11) is 1.47. The highest BCUT2D eigenvalue weighted by molar-refractivity contribution is 5.82. The van der Waals surface area contributed by atoms with Gasteiger partial charge in [-0.15, -0.1) is 0 Å². The van der Waals surface area contributed by atoms with Gasteiger partial charge in [-0.1, -0.05) is 12.1 Å². The summed E-state index contributed by atoms with van der Waals surface area (Å²) in [6, 6.07) is 4.82. The van der Waals surface area contributed by atoms with Crippen LogP contribution in [-0.4, -0.2) is 19.5 Å². The molecule has 0 saturated heterocycles. The maximum Gasteiger partial charge on any atom is 0.162 e. The number of benzene rings is 1. The number of carbonyl (C=O) groups excluding carboxylic acids is 1. The van der Waals surface area contributed by atoms with Crippen LogP contribution in [0.4, 0.5) is 4.39 Å². The van der Waals surface area contributed by atoms with Crippen LogP contribution in [0.15, 0.2) is 18.2 Å². The Morgan fingerprint density at radius 3 is 2.79 bits per heavy atom. The largest absolute Gasteiger partial charge is 0.377 e. The highest BCUT2D eigenvalue weighted by atomic mass is 19.1. The molecule has 0 spiro atoms. The maximum atomic E-state index is 13.1. The molecule has 0 saturated carbocycles. The Morgan fingerprint density at radius 1 is 1.50 bits per heavy atom. The molecule has 0 unspecified atom stereocenters. The molecule has 0 atom stereocenters. The van der Waals surface area contributed by atoms with Crippen molar-refractivity contribution in [1.82, 2.24) is 0 Å². The Morgan fingerprint density at radius 2 is 2.21 bits per heavy atom. The van der Waals surface area contributed by atoms with Gasteiger partial charge in [0.25, 0.3) is 0 Å². The van der Waals surface area contributed by atoms with Crippen LogP contribution in [0.1, 0.15) is 11.1 Å². The fourth-order valence-electron chi connectivity index (χ4n) is 1.19. The molecule has 0 radical (unpaired) electrons. The lowest BCUT2D eigenvalue weighted by Crippen LogP contribution is -2.09. The number of methoxy groups -OCH3 is 1. The van der Waals surface area contributed by atoms with Gasteiger partial charge in [-0.05, 0) is 24.1 Å². The van der Waals surface area contributed by atoms with Gasteiger partial charge in [0.1, 0.15) is 12.4 Å². The molecule has 2 nitrogen and oxygen atoms in total. The quantitative estimate of drug-likeness (QED) is 0.735. The number of ketones is 1. The molecule has 0 heterocycles. The SMILES string of the molecule is COCC(=O)Cc1ccc(C)c(F)c1. The summed E-state index contributed by atoms with van der Waals surface area (Å²) < 4.78 is 17.8. The van der Waals surface area contributed by atoms with Crippen molar-refractivity contribution >= 4 is 5.78 Å². The molecule has 0 aliphatic carbocycles. The summed E-state index contributed by atoms with van der Waals surface area (Å²) in [6.45, 7) is 1.77. The van der Waals surface area contributed by atoms with E-state index in [2.05, 4.69) is 4.74 Å². The summed E-state index contributed by atoms with van der Waals surface area (Å²) in [4.78, 5) is 11.2. The highest BCUT2D eigenvalue weighted by Crippen LogP contribution is 2.09. The van der Waals surface area contributed by atoms with Gasteiger partial charge in [-0.25, -0.2) is 4.39 Å². The number of carbonyl (C=O) groups is 1. The van der Waals surface area contributed by atoms with Gasteiger partial charge in [0.05, 0.1) is 0 Å². The third kappa shape index (κ3) is 2.92. The Labute approximate surface area is 82.7 Å². The highest BCUT2D eigenvalue weighted by Gasteiger charge is 2.05. The van der Waals surface area contributed by atoms with Crippen molar-refractivity contribution in [2.24, 2.45) is 0 Å². The first-order valence-electron chi connectivity index (χ1n) is 4.39. The number of hydrogen-bond donors (Lipinski definition) is 0. The second-order valence-electron chi connectivity index (χ2n) is 3.23. The zero-order chi connectivity index (χ0) is 10.6. The van der Waals surface area contributed by atoms with Gasteiger partial charge in [-0.3, -0.25) is 4.79 Å². The Hall–Kier alpha value is -1.22. The molecule has 0 N–H and O–H groups in total. The molecule has 1 aromatic rings. The summed E-state index contributed by atoms with van der Waals surface area (Å²) in [5.74, 6) is -0.316. The fourth-order valence-corrected chi connectivity index (χ4v) is 1.19. The number of Topliss-reactive ketones (excluding diaryl/α,β-unsaturated/α-hetero) is 1. The molecule has 0 aliphatic heterocycles. The van der Waals surface area contributed by atoms with Crippen molar-refractivity contribution in [3.8, 4) is 0 Å². The molecule has 0 fully saturated rings. The van der Waals surface area contributed by atoms with Crippen molar-refractivity contribution in [3.05, 3.63) is 35.1 Å². The van der Waals surface area contributed by atoms with E-state index in [9.17, 15) is 9.18 Å². The van der Waals surface area contributed by atoms with Gasteiger partial charge in [0.15, 0.2) is 5.78 Å². The van der Waals surface area contributed by atoms with Crippen molar-refractivity contribution in [2.75, 3.05) is 13.7 Å². The van der Waals surface area contributed by atoms with Gasteiger partial charge < -0.3 is 4.74 Å². The lowest BCUT2D eigenvalue weighted by molar-refractivity contribution is -0.121. The second-order valence-corrected chi connectivity index (χ2v) is 3.23. The number of rotatable bonds is 4. The van der Waals surface area contributed by atoms with E-state index in [1.54, 1.807) is 19.1 Å². The van der Waals surface area contributed by atoms with Gasteiger partial charge in [0.2, 0.25) is 0 Å². The molecule has 0 aliphatic rings. The standard InChI is InChI=1S/C11H13FO2/c1-8-3-4-9(6-11(8)12)5-10(13)7-14-2/h3-4,6H,5,7H2,1-2H3. The minimum atomic E-state index is -0.271. The van der Waals surface area contributed by atoms with E-state index in [1.807, 2.05) is 0 Å². The van der Waals surface area contributed by atoms with Crippen LogP contribution in [0, 0.1) is 12.7 Å². The number of aryl methyl sites for hydroxylation is 1. The topological polar surface area (TPSA) is 26.3 Å². The molecular formula is C11H13FO2. The average Bonchev–Trinajstić information content (AvgIpc) is 2.12. The Balaban J connectivity index is 2.68. The van der Waals surface area contributed by atoms with E-state index in [-0.39, 0.29) is 24.6 Å². The zero-order valence-corrected chi connectivity index (χ0v) is 8.34. The first-order valence-corrected chi connectivity index (χ1v) is 4.39. The lowest BCUT2D eigenvalue weighted by atomic mass is 10.1. The van der Waals surface area contributed by atoms with Crippen LogP contribution in [0.2, 0.25) is 0 Å². The molecule has 1 rings (SSSR count). The van der Waals surface area contributed by atoms with Crippen molar-refractivity contribution in [2.45, 2.75) is 13.3 Å². The predicted octanol–water partition coefficient (Wildman–Crippen LogP) is 1.89. The van der Waals surface area contributed by atoms with Crippen LogP contribution in [0.5, 0.6) is 0 Å². The third-order valence-electron chi connectivity index (χ3n) is 1.94. The minimum Gasteiger partial charge on any atom is -0.377 e. The van der Waals surface area contributed by atoms with E-state index in [0.29, 0.717) is 11.1 Å². The van der Waals surface area contributed by atoms with Gasteiger partial charge in [0, 0.05) is 13.5 Å². The molecule has 14 heavy (non-hydrogen) atoms. The molecule has 0 bridgehead atoms. The second kappa shape index (κ2) is 4.86. The molecule has 76 valence electrons. The van der Waals surface area contributed by atoms with Crippen LogP contribution in [0.25, 0.3) is 0 Å². The van der Waals surface area contributed by atoms with Gasteiger partial charge >= 0.3 is 0 Å². The molecule has 0 aromatic heterocycles. The lowest BCUT2D eigenvalue weighted by Gasteiger charge is -2.02. The van der Waals surface area contributed by atoms with Crippen LogP contribution >= 0.6 is 0 Å². The fraction of sp³-hybridized carbons (Fsp3) is 0.364. The summed E-state index contributed by atoms with van der Waals surface area (Å²) in [6.07, 6.45) is 0.227. The Kier molecular flexibility index (Phi) is 3.77. The van der Waals surface area contributed by atoms with Crippen molar-refractivity contribution in [3.63, 3.8) is 0 Å². The van der Waals surface area contributed by atoms with Crippen LogP contribution < -0.4 is 0 Å². The monoisotopic (exact) mass is 196 g/mol. The van der Waals surface area contributed by atoms with E-state index in [0.717, 1.165) is 0 Å². The summed E-state index contributed by atoms with van der Waals surface area (Å²) in [5, 5.41) is 0. The zero-order valence-electron chi connectivity index (χ0n) is 8.34. The normalized spacial score (nSPS) is 10.2. The minimum absolute atomic E-state index is 0.0456. The molecule has 0 amide bonds. The summed E-state index contributed by atoms with van der Waals surface area (Å²) >= 11 is 0. The average molecular weight is 196 g/mol. The smallest absolute Gasteiger partial charge is 0.162 e. The first-order chi connectivity index (χ1) is 6.63. The number of ether oxygens (including phenoxy) is 1. The van der Waals surface area contributed by atoms with Crippen LogP contribution in [-0.2, 0) is 16.0 Å². The first kappa shape index (κ1) is 10.9. The maximum absolute atomic E-state index is 13.1. The van der Waals surface area contributed by atoms with E-state index in [1.165, 1.54) is 13.2 Å². The molecule has 1 aromatic carbocycles. The Bertz CT molecular complexity index is 334. The van der Waals surface area contributed by atoms with Crippen molar-refractivity contribution in [1.29, 1.82) is 0 Å². The summed E-state index contributed by atoms with van der Waals surface area (Å²) in [5.41, 5.74) is 1.28.